The van der Waals surface area contributed by atoms with Crippen LogP contribution >= 0.6 is 0 Å². The number of methoxy groups -OCH3 is 2. The van der Waals surface area contributed by atoms with E-state index < -0.39 is 0 Å². The number of hydrogen-bond acceptors (Lipinski definition) is 7. The molecule has 1 unspecified atom stereocenters. The molecule has 2 aromatic heterocycles. The largest absolute Gasteiger partial charge is 0.497 e. The van der Waals surface area contributed by atoms with Gasteiger partial charge in [0.05, 0.1) is 33.1 Å². The van der Waals surface area contributed by atoms with E-state index in [0.29, 0.717) is 30.6 Å². The van der Waals surface area contributed by atoms with Gasteiger partial charge in [-0.1, -0.05) is 17.3 Å². The minimum Gasteiger partial charge on any atom is -0.497 e. The van der Waals surface area contributed by atoms with E-state index in [2.05, 4.69) is 15.2 Å². The summed E-state index contributed by atoms with van der Waals surface area (Å²) in [6, 6.07) is 17.3. The fourth-order valence-electron chi connectivity index (χ4n) is 3.44. The lowest BCUT2D eigenvalue weighted by Gasteiger charge is -2.24. The molecule has 0 bridgehead atoms. The van der Waals surface area contributed by atoms with Gasteiger partial charge in [0.15, 0.2) is 5.69 Å². The Morgan fingerprint density at radius 1 is 0.967 bits per heavy atom. The van der Waals surface area contributed by atoms with Gasteiger partial charge in [-0.2, -0.15) is 10.1 Å². The number of fused-ring (bicyclic) bond motifs is 1. The Bertz CT molecular complexity index is 1150. The van der Waals surface area contributed by atoms with Crippen LogP contribution in [0.25, 0.3) is 23.0 Å². The normalized spacial score (nSPS) is 15.6. The monoisotopic (exact) mass is 404 g/mol. The number of rotatable bonds is 5. The van der Waals surface area contributed by atoms with Crippen molar-refractivity contribution in [3.05, 3.63) is 65.9 Å². The fourth-order valence-corrected chi connectivity index (χ4v) is 3.44. The quantitative estimate of drug-likeness (QED) is 0.499. The van der Waals surface area contributed by atoms with Crippen molar-refractivity contribution >= 4 is 0 Å². The van der Waals surface area contributed by atoms with Crippen molar-refractivity contribution in [1.82, 2.24) is 19.9 Å². The SMILES string of the molecule is COc1ccc(-c2noc(-c3cc4n(n3)CC(c3ccc(OC)cc3)OC4)n2)cc1. The first-order valence-corrected chi connectivity index (χ1v) is 9.54. The van der Waals surface area contributed by atoms with E-state index in [1.54, 1.807) is 14.2 Å². The number of benzene rings is 2. The topological polar surface area (TPSA) is 84.4 Å². The molecule has 0 saturated carbocycles. The smallest absolute Gasteiger partial charge is 0.278 e. The van der Waals surface area contributed by atoms with Crippen LogP contribution in [0.1, 0.15) is 17.4 Å². The summed E-state index contributed by atoms with van der Waals surface area (Å²) in [4.78, 5) is 4.50. The molecule has 0 radical (unpaired) electrons. The summed E-state index contributed by atoms with van der Waals surface area (Å²) in [6.45, 7) is 1.07. The molecule has 0 amide bonds. The van der Waals surface area contributed by atoms with Crippen LogP contribution in [-0.2, 0) is 17.9 Å². The Hall–Kier alpha value is -3.65. The molecule has 0 saturated heterocycles. The van der Waals surface area contributed by atoms with Crippen LogP contribution in [0.2, 0.25) is 0 Å². The number of nitrogens with zero attached hydrogens (tertiary/aromatic N) is 4. The molecular formula is C22H20N4O4. The van der Waals surface area contributed by atoms with Crippen molar-refractivity contribution in [2.45, 2.75) is 19.3 Å². The van der Waals surface area contributed by atoms with Crippen molar-refractivity contribution < 1.29 is 18.7 Å². The van der Waals surface area contributed by atoms with E-state index in [4.69, 9.17) is 18.7 Å². The van der Waals surface area contributed by atoms with Crippen LogP contribution in [-0.4, -0.2) is 34.1 Å². The Balaban J connectivity index is 1.35. The van der Waals surface area contributed by atoms with Gasteiger partial charge < -0.3 is 18.7 Å². The van der Waals surface area contributed by atoms with Gasteiger partial charge in [0.2, 0.25) is 5.82 Å². The Kier molecular flexibility index (Phi) is 4.68. The number of hydrogen-bond donors (Lipinski definition) is 0. The molecule has 152 valence electrons. The first-order chi connectivity index (χ1) is 14.7. The Morgan fingerprint density at radius 2 is 1.67 bits per heavy atom. The van der Waals surface area contributed by atoms with Gasteiger partial charge in [0, 0.05) is 5.56 Å². The summed E-state index contributed by atoms with van der Waals surface area (Å²) in [5.74, 6) is 2.48. The summed E-state index contributed by atoms with van der Waals surface area (Å²) >= 11 is 0. The van der Waals surface area contributed by atoms with E-state index in [1.807, 2.05) is 59.3 Å². The minimum atomic E-state index is -0.0753. The van der Waals surface area contributed by atoms with Crippen LogP contribution in [0.3, 0.4) is 0 Å². The summed E-state index contributed by atoms with van der Waals surface area (Å²) in [5, 5.41) is 8.74. The Morgan fingerprint density at radius 3 is 2.37 bits per heavy atom. The lowest BCUT2D eigenvalue weighted by Crippen LogP contribution is -2.21. The average Bonchev–Trinajstić information content (AvgIpc) is 3.46. The molecule has 1 aliphatic rings. The predicted molar refractivity (Wildman–Crippen MR) is 108 cm³/mol. The standard InChI is InChI=1S/C22H20N4O4/c1-27-17-7-3-14(4-8-17)20-12-26-16(13-29-20)11-19(24-26)22-23-21(25-30-22)15-5-9-18(28-2)10-6-15/h3-11,20H,12-13H2,1-2H3. The van der Waals surface area contributed by atoms with Gasteiger partial charge in [-0.3, -0.25) is 4.68 Å². The highest BCUT2D eigenvalue weighted by atomic mass is 16.5. The van der Waals surface area contributed by atoms with E-state index >= 15 is 0 Å². The highest BCUT2D eigenvalue weighted by Crippen LogP contribution is 2.30. The average molecular weight is 404 g/mol. The molecule has 8 heteroatoms. The van der Waals surface area contributed by atoms with Gasteiger partial charge in [-0.15, -0.1) is 0 Å². The first kappa shape index (κ1) is 18.4. The van der Waals surface area contributed by atoms with Crippen molar-refractivity contribution in [1.29, 1.82) is 0 Å². The van der Waals surface area contributed by atoms with Gasteiger partial charge in [-0.05, 0) is 48.0 Å². The maximum absolute atomic E-state index is 6.03. The zero-order valence-corrected chi connectivity index (χ0v) is 16.6. The van der Waals surface area contributed by atoms with Crippen molar-refractivity contribution in [3.63, 3.8) is 0 Å². The van der Waals surface area contributed by atoms with Crippen molar-refractivity contribution in [2.75, 3.05) is 14.2 Å². The van der Waals surface area contributed by atoms with Crippen LogP contribution in [0, 0.1) is 0 Å². The van der Waals surface area contributed by atoms with Crippen molar-refractivity contribution in [3.8, 4) is 34.5 Å². The highest BCUT2D eigenvalue weighted by molar-refractivity contribution is 5.59. The minimum absolute atomic E-state index is 0.0753. The van der Waals surface area contributed by atoms with Crippen LogP contribution < -0.4 is 9.47 Å². The third-order valence-electron chi connectivity index (χ3n) is 5.12. The van der Waals surface area contributed by atoms with E-state index in [-0.39, 0.29) is 6.10 Å². The summed E-state index contributed by atoms with van der Waals surface area (Å²) < 4.78 is 23.8. The van der Waals surface area contributed by atoms with Crippen LogP contribution in [0.15, 0.2) is 59.1 Å². The zero-order chi connectivity index (χ0) is 20.5. The molecular weight excluding hydrogens is 384 g/mol. The van der Waals surface area contributed by atoms with Crippen LogP contribution in [0.4, 0.5) is 0 Å². The second-order valence-electron chi connectivity index (χ2n) is 6.93. The fraction of sp³-hybridized carbons (Fsp3) is 0.227. The number of aromatic nitrogens is 4. The summed E-state index contributed by atoms with van der Waals surface area (Å²) in [7, 11) is 3.28. The van der Waals surface area contributed by atoms with Gasteiger partial charge in [0.1, 0.15) is 17.6 Å². The molecule has 1 aliphatic heterocycles. The second kappa shape index (κ2) is 7.64. The molecule has 8 nitrogen and oxygen atoms in total. The molecule has 2 aromatic carbocycles. The second-order valence-corrected chi connectivity index (χ2v) is 6.93. The molecule has 4 aromatic rings. The summed E-state index contributed by atoms with van der Waals surface area (Å²) in [6.07, 6.45) is -0.0753. The van der Waals surface area contributed by atoms with Gasteiger partial charge in [0.25, 0.3) is 5.89 Å². The molecule has 3 heterocycles. The first-order valence-electron chi connectivity index (χ1n) is 9.54. The molecule has 1 atom stereocenters. The maximum Gasteiger partial charge on any atom is 0.278 e. The predicted octanol–water partition coefficient (Wildman–Crippen LogP) is 3.89. The van der Waals surface area contributed by atoms with Crippen LogP contribution in [0.5, 0.6) is 11.5 Å². The number of ether oxygens (including phenoxy) is 3. The van der Waals surface area contributed by atoms with E-state index in [0.717, 1.165) is 28.3 Å². The zero-order valence-electron chi connectivity index (χ0n) is 16.6. The third-order valence-corrected chi connectivity index (χ3v) is 5.12. The van der Waals surface area contributed by atoms with E-state index in [1.165, 1.54) is 0 Å². The van der Waals surface area contributed by atoms with E-state index in [9.17, 15) is 0 Å². The molecule has 0 spiro atoms. The lowest BCUT2D eigenvalue weighted by atomic mass is 10.1. The van der Waals surface area contributed by atoms with Gasteiger partial charge >= 0.3 is 0 Å². The lowest BCUT2D eigenvalue weighted by molar-refractivity contribution is -0.00115. The maximum atomic E-state index is 6.03. The highest BCUT2D eigenvalue weighted by Gasteiger charge is 2.24. The Labute approximate surface area is 173 Å². The van der Waals surface area contributed by atoms with Crippen molar-refractivity contribution in [2.24, 2.45) is 0 Å². The molecule has 0 N–H and O–H groups in total. The van der Waals surface area contributed by atoms with Gasteiger partial charge in [-0.25, -0.2) is 0 Å². The molecule has 5 rings (SSSR count). The molecule has 0 fully saturated rings. The summed E-state index contributed by atoms with van der Waals surface area (Å²) in [5.41, 5.74) is 3.53. The molecule has 30 heavy (non-hydrogen) atoms. The molecule has 0 aliphatic carbocycles. The third kappa shape index (κ3) is 3.42.